The van der Waals surface area contributed by atoms with Crippen molar-refractivity contribution in [1.82, 2.24) is 4.90 Å². The molecule has 2 N–H and O–H groups in total. The Hall–Kier alpha value is -0.900. The van der Waals surface area contributed by atoms with Crippen molar-refractivity contribution >= 4 is 0 Å². The van der Waals surface area contributed by atoms with Crippen LogP contribution in [0, 0.1) is 6.92 Å². The summed E-state index contributed by atoms with van der Waals surface area (Å²) in [5.74, 6) is 0. The summed E-state index contributed by atoms with van der Waals surface area (Å²) in [5, 5.41) is 0. The van der Waals surface area contributed by atoms with Gasteiger partial charge in [0.15, 0.2) is 0 Å². The Kier molecular flexibility index (Phi) is 6.49. The Labute approximate surface area is 117 Å². The van der Waals surface area contributed by atoms with Gasteiger partial charge in [0.05, 0.1) is 6.61 Å². The Morgan fingerprint density at radius 2 is 1.79 bits per heavy atom. The number of ether oxygens (including phenoxy) is 1. The number of rotatable bonds is 7. The zero-order chi connectivity index (χ0) is 14.4. The molecule has 19 heavy (non-hydrogen) atoms. The van der Waals surface area contributed by atoms with Gasteiger partial charge in [-0.3, -0.25) is 4.90 Å². The van der Waals surface area contributed by atoms with E-state index in [4.69, 9.17) is 10.5 Å². The van der Waals surface area contributed by atoms with Gasteiger partial charge >= 0.3 is 0 Å². The summed E-state index contributed by atoms with van der Waals surface area (Å²) < 4.78 is 5.29. The van der Waals surface area contributed by atoms with E-state index in [0.717, 1.165) is 13.2 Å². The predicted octanol–water partition coefficient (Wildman–Crippen LogP) is 2.74. The summed E-state index contributed by atoms with van der Waals surface area (Å²) in [6.07, 6.45) is 0. The lowest BCUT2D eigenvalue weighted by Crippen LogP contribution is -2.45. The molecular weight excluding hydrogens is 236 g/mol. The summed E-state index contributed by atoms with van der Waals surface area (Å²) in [7, 11) is 1.75. The standard InChI is InChI=1S/C16H28N2O/c1-6-18(13(3)11-19-5)16(14(4)17)15-9-7-12(2)8-10-15/h7-10,13-14,16H,6,11,17H2,1-5H3. The fourth-order valence-electron chi connectivity index (χ4n) is 2.68. The van der Waals surface area contributed by atoms with Gasteiger partial charge in [0.1, 0.15) is 0 Å². The van der Waals surface area contributed by atoms with E-state index in [1.165, 1.54) is 11.1 Å². The van der Waals surface area contributed by atoms with Gasteiger partial charge in [-0.2, -0.15) is 0 Å². The van der Waals surface area contributed by atoms with Crippen LogP contribution in [0.2, 0.25) is 0 Å². The first-order valence-corrected chi connectivity index (χ1v) is 7.08. The molecular formula is C16H28N2O. The molecule has 0 bridgehead atoms. The van der Waals surface area contributed by atoms with Gasteiger partial charge in [-0.25, -0.2) is 0 Å². The summed E-state index contributed by atoms with van der Waals surface area (Å²) in [5.41, 5.74) is 8.80. The van der Waals surface area contributed by atoms with E-state index in [2.05, 4.69) is 56.9 Å². The van der Waals surface area contributed by atoms with E-state index < -0.39 is 0 Å². The van der Waals surface area contributed by atoms with Crippen molar-refractivity contribution in [2.75, 3.05) is 20.3 Å². The van der Waals surface area contributed by atoms with Crippen LogP contribution in [0.15, 0.2) is 24.3 Å². The van der Waals surface area contributed by atoms with Gasteiger partial charge in [0, 0.05) is 25.2 Å². The largest absolute Gasteiger partial charge is 0.383 e. The van der Waals surface area contributed by atoms with E-state index in [1.807, 2.05) is 0 Å². The van der Waals surface area contributed by atoms with Crippen molar-refractivity contribution in [3.8, 4) is 0 Å². The third kappa shape index (κ3) is 4.30. The third-order valence-corrected chi connectivity index (χ3v) is 3.61. The molecule has 0 aliphatic rings. The van der Waals surface area contributed by atoms with Crippen LogP contribution >= 0.6 is 0 Å². The maximum Gasteiger partial charge on any atom is 0.0615 e. The van der Waals surface area contributed by atoms with Crippen molar-refractivity contribution in [3.05, 3.63) is 35.4 Å². The van der Waals surface area contributed by atoms with E-state index in [0.29, 0.717) is 6.04 Å². The molecule has 0 spiro atoms. The van der Waals surface area contributed by atoms with E-state index in [-0.39, 0.29) is 12.1 Å². The Morgan fingerprint density at radius 3 is 2.21 bits per heavy atom. The molecule has 3 heteroatoms. The summed E-state index contributed by atoms with van der Waals surface area (Å²) in [6.45, 7) is 10.2. The third-order valence-electron chi connectivity index (χ3n) is 3.61. The molecule has 0 radical (unpaired) electrons. The van der Waals surface area contributed by atoms with Crippen LogP contribution in [0.3, 0.4) is 0 Å². The molecule has 3 nitrogen and oxygen atoms in total. The maximum atomic E-state index is 6.23. The molecule has 0 fully saturated rings. The van der Waals surface area contributed by atoms with Gasteiger partial charge in [0.2, 0.25) is 0 Å². The van der Waals surface area contributed by atoms with Gasteiger partial charge in [-0.15, -0.1) is 0 Å². The Morgan fingerprint density at radius 1 is 1.21 bits per heavy atom. The molecule has 0 aliphatic carbocycles. The zero-order valence-electron chi connectivity index (χ0n) is 12.9. The fraction of sp³-hybridized carbons (Fsp3) is 0.625. The predicted molar refractivity (Wildman–Crippen MR) is 81.3 cm³/mol. The number of hydrogen-bond donors (Lipinski definition) is 1. The van der Waals surface area contributed by atoms with Crippen LogP contribution in [0.4, 0.5) is 0 Å². The zero-order valence-corrected chi connectivity index (χ0v) is 12.9. The number of benzene rings is 1. The topological polar surface area (TPSA) is 38.5 Å². The summed E-state index contributed by atoms with van der Waals surface area (Å²) >= 11 is 0. The average molecular weight is 264 g/mol. The smallest absolute Gasteiger partial charge is 0.0615 e. The second-order valence-corrected chi connectivity index (χ2v) is 5.35. The minimum absolute atomic E-state index is 0.0852. The maximum absolute atomic E-state index is 6.23. The van der Waals surface area contributed by atoms with Crippen LogP contribution in [0.5, 0.6) is 0 Å². The molecule has 0 amide bonds. The Bertz CT molecular complexity index is 362. The quantitative estimate of drug-likeness (QED) is 0.823. The first kappa shape index (κ1) is 16.2. The molecule has 1 aromatic rings. The van der Waals surface area contributed by atoms with Gasteiger partial charge in [-0.05, 0) is 32.9 Å². The normalized spacial score (nSPS) is 16.4. The molecule has 0 aromatic heterocycles. The highest BCUT2D eigenvalue weighted by Gasteiger charge is 2.26. The number of methoxy groups -OCH3 is 1. The van der Waals surface area contributed by atoms with Crippen LogP contribution in [0.25, 0.3) is 0 Å². The minimum atomic E-state index is 0.0852. The molecule has 0 aliphatic heterocycles. The lowest BCUT2D eigenvalue weighted by Gasteiger charge is -2.38. The lowest BCUT2D eigenvalue weighted by molar-refractivity contribution is 0.0654. The second-order valence-electron chi connectivity index (χ2n) is 5.35. The average Bonchev–Trinajstić information content (AvgIpc) is 2.37. The molecule has 1 rings (SSSR count). The summed E-state index contributed by atoms with van der Waals surface area (Å²) in [6, 6.07) is 9.35. The molecule has 3 unspecified atom stereocenters. The van der Waals surface area contributed by atoms with E-state index in [1.54, 1.807) is 7.11 Å². The van der Waals surface area contributed by atoms with Crippen LogP contribution in [-0.2, 0) is 4.74 Å². The first-order chi connectivity index (χ1) is 9.01. The van der Waals surface area contributed by atoms with E-state index in [9.17, 15) is 0 Å². The van der Waals surface area contributed by atoms with Crippen molar-refractivity contribution in [3.63, 3.8) is 0 Å². The number of nitrogens with zero attached hydrogens (tertiary/aromatic N) is 1. The van der Waals surface area contributed by atoms with E-state index >= 15 is 0 Å². The second kappa shape index (κ2) is 7.63. The van der Waals surface area contributed by atoms with Crippen molar-refractivity contribution in [2.45, 2.75) is 45.8 Å². The van der Waals surface area contributed by atoms with Gasteiger partial charge in [0.25, 0.3) is 0 Å². The van der Waals surface area contributed by atoms with Crippen LogP contribution < -0.4 is 5.73 Å². The molecule has 0 heterocycles. The highest BCUT2D eigenvalue weighted by atomic mass is 16.5. The molecule has 1 aromatic carbocycles. The highest BCUT2D eigenvalue weighted by Crippen LogP contribution is 2.25. The van der Waals surface area contributed by atoms with Crippen LogP contribution in [-0.4, -0.2) is 37.2 Å². The van der Waals surface area contributed by atoms with Gasteiger partial charge < -0.3 is 10.5 Å². The summed E-state index contributed by atoms with van der Waals surface area (Å²) in [4.78, 5) is 2.42. The minimum Gasteiger partial charge on any atom is -0.383 e. The highest BCUT2D eigenvalue weighted by molar-refractivity contribution is 5.25. The lowest BCUT2D eigenvalue weighted by atomic mass is 9.97. The van der Waals surface area contributed by atoms with Gasteiger partial charge in [-0.1, -0.05) is 36.8 Å². The first-order valence-electron chi connectivity index (χ1n) is 7.08. The molecule has 3 atom stereocenters. The SMILES string of the molecule is CCN(C(C)COC)C(c1ccc(C)cc1)C(C)N. The van der Waals surface area contributed by atoms with Crippen molar-refractivity contribution < 1.29 is 4.74 Å². The molecule has 0 saturated carbocycles. The monoisotopic (exact) mass is 264 g/mol. The molecule has 108 valence electrons. The van der Waals surface area contributed by atoms with Crippen LogP contribution in [0.1, 0.15) is 37.9 Å². The van der Waals surface area contributed by atoms with Crippen molar-refractivity contribution in [2.24, 2.45) is 5.73 Å². The number of likely N-dealkylation sites (N-methyl/N-ethyl adjacent to an activating group) is 1. The Balaban J connectivity index is 3.00. The molecule has 0 saturated heterocycles. The number of hydrogen-bond acceptors (Lipinski definition) is 3. The van der Waals surface area contributed by atoms with Crippen molar-refractivity contribution in [1.29, 1.82) is 0 Å². The number of nitrogens with two attached hydrogens (primary N) is 1. The fourth-order valence-corrected chi connectivity index (χ4v) is 2.68. The number of aryl methyl sites for hydroxylation is 1.